The zero-order valence-electron chi connectivity index (χ0n) is 11.2. The van der Waals surface area contributed by atoms with Crippen LogP contribution in [0.15, 0.2) is 0 Å². The first kappa shape index (κ1) is 12.9. The van der Waals surface area contributed by atoms with Crippen molar-refractivity contribution in [3.8, 4) is 6.07 Å². The van der Waals surface area contributed by atoms with Gasteiger partial charge in [-0.1, -0.05) is 26.2 Å². The Morgan fingerprint density at radius 1 is 1.29 bits per heavy atom. The predicted molar refractivity (Wildman–Crippen MR) is 68.3 cm³/mol. The zero-order chi connectivity index (χ0) is 12.5. The molecule has 2 aliphatic rings. The third kappa shape index (κ3) is 2.36. The van der Waals surface area contributed by atoms with Gasteiger partial charge in [-0.05, 0) is 50.9 Å². The molecule has 0 aliphatic heterocycles. The van der Waals surface area contributed by atoms with Crippen LogP contribution in [0.4, 0.5) is 0 Å². The Labute approximate surface area is 105 Å². The minimum Gasteiger partial charge on any atom is -0.389 e. The molecule has 17 heavy (non-hydrogen) atoms. The Balaban J connectivity index is 2.07. The lowest BCUT2D eigenvalue weighted by Gasteiger charge is -2.46. The quantitative estimate of drug-likeness (QED) is 0.811. The first-order valence-electron chi connectivity index (χ1n) is 7.13. The maximum atomic E-state index is 10.8. The normalized spacial score (nSPS) is 37.9. The smallest absolute Gasteiger partial charge is 0.0857 e. The Kier molecular flexibility index (Phi) is 3.50. The van der Waals surface area contributed by atoms with E-state index in [4.69, 9.17) is 0 Å². The molecule has 2 nitrogen and oxygen atoms in total. The molecule has 0 saturated heterocycles. The lowest BCUT2D eigenvalue weighted by molar-refractivity contribution is -0.0849. The topological polar surface area (TPSA) is 44.0 Å². The van der Waals surface area contributed by atoms with Gasteiger partial charge in [0.05, 0.1) is 17.1 Å². The van der Waals surface area contributed by atoms with Crippen molar-refractivity contribution in [1.29, 1.82) is 5.26 Å². The van der Waals surface area contributed by atoms with Gasteiger partial charge >= 0.3 is 0 Å². The molecule has 0 amide bonds. The number of aliphatic hydroxyl groups is 1. The molecule has 2 aliphatic carbocycles. The summed E-state index contributed by atoms with van der Waals surface area (Å²) in [5, 5.41) is 20.3. The van der Waals surface area contributed by atoms with E-state index in [1.807, 2.05) is 6.92 Å². The lowest BCUT2D eigenvalue weighted by Crippen LogP contribution is -2.48. The van der Waals surface area contributed by atoms with Crippen molar-refractivity contribution in [3.63, 3.8) is 0 Å². The van der Waals surface area contributed by atoms with Crippen LogP contribution in [0.5, 0.6) is 0 Å². The van der Waals surface area contributed by atoms with Crippen molar-refractivity contribution in [2.45, 2.75) is 70.8 Å². The summed E-state index contributed by atoms with van der Waals surface area (Å²) in [6.45, 7) is 4.16. The van der Waals surface area contributed by atoms with E-state index >= 15 is 0 Å². The Morgan fingerprint density at radius 2 is 1.88 bits per heavy atom. The lowest BCUT2D eigenvalue weighted by atomic mass is 9.59. The van der Waals surface area contributed by atoms with E-state index < -0.39 is 11.0 Å². The van der Waals surface area contributed by atoms with Crippen molar-refractivity contribution in [3.05, 3.63) is 0 Å². The molecular formula is C15H25NO. The minimum atomic E-state index is -0.785. The molecule has 0 bridgehead atoms. The summed E-state index contributed by atoms with van der Waals surface area (Å²) in [6, 6.07) is 2.48. The van der Waals surface area contributed by atoms with E-state index in [2.05, 4.69) is 13.0 Å². The highest BCUT2D eigenvalue weighted by molar-refractivity contribution is 5.12. The van der Waals surface area contributed by atoms with Crippen molar-refractivity contribution in [2.24, 2.45) is 17.3 Å². The molecule has 0 spiro atoms. The van der Waals surface area contributed by atoms with E-state index in [-0.39, 0.29) is 0 Å². The third-order valence-electron chi connectivity index (χ3n) is 5.28. The van der Waals surface area contributed by atoms with Crippen LogP contribution in [0.2, 0.25) is 0 Å². The first-order valence-corrected chi connectivity index (χ1v) is 7.13. The van der Waals surface area contributed by atoms with E-state index in [0.29, 0.717) is 5.92 Å². The highest BCUT2D eigenvalue weighted by atomic mass is 16.3. The maximum absolute atomic E-state index is 10.8. The van der Waals surface area contributed by atoms with Crippen molar-refractivity contribution in [2.75, 3.05) is 0 Å². The number of nitrogens with zero attached hydrogens (tertiary/aromatic N) is 1. The number of nitriles is 1. The summed E-state index contributed by atoms with van der Waals surface area (Å²) in [6.07, 6.45) is 8.56. The molecule has 0 heterocycles. The second kappa shape index (κ2) is 4.61. The van der Waals surface area contributed by atoms with Gasteiger partial charge in [0.25, 0.3) is 0 Å². The largest absolute Gasteiger partial charge is 0.389 e. The van der Waals surface area contributed by atoms with Gasteiger partial charge < -0.3 is 5.11 Å². The molecule has 0 radical (unpaired) electrons. The second-order valence-corrected chi connectivity index (χ2v) is 6.65. The van der Waals surface area contributed by atoms with Crippen LogP contribution in [0.25, 0.3) is 0 Å². The molecule has 96 valence electrons. The van der Waals surface area contributed by atoms with Crippen LogP contribution in [0, 0.1) is 28.6 Å². The third-order valence-corrected chi connectivity index (χ3v) is 5.28. The van der Waals surface area contributed by atoms with Gasteiger partial charge in [-0.2, -0.15) is 5.26 Å². The second-order valence-electron chi connectivity index (χ2n) is 6.65. The summed E-state index contributed by atoms with van der Waals surface area (Å²) in [7, 11) is 0. The summed E-state index contributed by atoms with van der Waals surface area (Å²) in [5.74, 6) is 1.38. The highest BCUT2D eigenvalue weighted by Gasteiger charge is 2.50. The number of rotatable bonds is 3. The van der Waals surface area contributed by atoms with Gasteiger partial charge in [-0.25, -0.2) is 0 Å². The van der Waals surface area contributed by atoms with Gasteiger partial charge in [0.15, 0.2) is 0 Å². The zero-order valence-corrected chi connectivity index (χ0v) is 11.2. The molecule has 1 atom stereocenters. The number of hydrogen-bond acceptors (Lipinski definition) is 2. The van der Waals surface area contributed by atoms with E-state index in [0.717, 1.165) is 38.0 Å². The molecule has 2 fully saturated rings. The fourth-order valence-corrected chi connectivity index (χ4v) is 3.48. The van der Waals surface area contributed by atoms with E-state index in [1.165, 1.54) is 19.3 Å². The van der Waals surface area contributed by atoms with Crippen LogP contribution in [-0.2, 0) is 0 Å². The fourth-order valence-electron chi connectivity index (χ4n) is 3.48. The molecule has 2 saturated carbocycles. The van der Waals surface area contributed by atoms with Gasteiger partial charge in [0.1, 0.15) is 0 Å². The molecule has 2 heteroatoms. The summed E-state index contributed by atoms with van der Waals surface area (Å²) >= 11 is 0. The molecular weight excluding hydrogens is 210 g/mol. The van der Waals surface area contributed by atoms with Crippen LogP contribution >= 0.6 is 0 Å². The maximum Gasteiger partial charge on any atom is 0.0857 e. The molecule has 0 aromatic rings. The highest BCUT2D eigenvalue weighted by Crippen LogP contribution is 2.50. The van der Waals surface area contributed by atoms with Crippen molar-refractivity contribution < 1.29 is 5.11 Å². The molecule has 0 aromatic carbocycles. The number of hydrogen-bond donors (Lipinski definition) is 1. The Morgan fingerprint density at radius 3 is 2.29 bits per heavy atom. The first-order chi connectivity index (χ1) is 7.99. The van der Waals surface area contributed by atoms with Crippen LogP contribution in [0.3, 0.4) is 0 Å². The Bertz CT molecular complexity index is 303. The summed E-state index contributed by atoms with van der Waals surface area (Å²) in [4.78, 5) is 0. The monoisotopic (exact) mass is 235 g/mol. The van der Waals surface area contributed by atoms with Crippen molar-refractivity contribution in [1.82, 2.24) is 0 Å². The molecule has 1 unspecified atom stereocenters. The van der Waals surface area contributed by atoms with Gasteiger partial charge in [0.2, 0.25) is 0 Å². The summed E-state index contributed by atoms with van der Waals surface area (Å²) < 4.78 is 0. The predicted octanol–water partition coefficient (Wildman–Crippen LogP) is 3.65. The summed E-state index contributed by atoms with van der Waals surface area (Å²) in [5.41, 5.74) is -1.26. The molecule has 1 N–H and O–H groups in total. The molecule has 0 aromatic heterocycles. The van der Waals surface area contributed by atoms with E-state index in [9.17, 15) is 10.4 Å². The average molecular weight is 235 g/mol. The van der Waals surface area contributed by atoms with Crippen LogP contribution in [-0.4, -0.2) is 10.7 Å². The molecule has 2 rings (SSSR count). The minimum absolute atomic E-state index is 0.477. The average Bonchev–Trinajstić information content (AvgIpc) is 2.25. The SMILES string of the molecule is CC1CCC(C#N)(C(C)(O)CC2CCC2)CC1. The van der Waals surface area contributed by atoms with Crippen LogP contribution in [0.1, 0.15) is 65.2 Å². The van der Waals surface area contributed by atoms with Gasteiger partial charge in [-0.3, -0.25) is 0 Å². The fraction of sp³-hybridized carbons (Fsp3) is 0.933. The standard InChI is InChI=1S/C15H25NO/c1-12-6-8-15(11-16,9-7-12)14(2,17)10-13-4-3-5-13/h12-13,17H,3-10H2,1-2H3. The Hall–Kier alpha value is -0.550. The van der Waals surface area contributed by atoms with Crippen molar-refractivity contribution >= 4 is 0 Å². The van der Waals surface area contributed by atoms with Gasteiger partial charge in [-0.15, -0.1) is 0 Å². The van der Waals surface area contributed by atoms with Gasteiger partial charge in [0, 0.05) is 0 Å². The van der Waals surface area contributed by atoms with E-state index in [1.54, 1.807) is 0 Å². The van der Waals surface area contributed by atoms with Crippen LogP contribution < -0.4 is 0 Å².